The fraction of sp³-hybridized carbons (Fsp3) is 0.286. The van der Waals surface area contributed by atoms with Crippen molar-refractivity contribution in [3.8, 4) is 0 Å². The van der Waals surface area contributed by atoms with Gasteiger partial charge in [0.1, 0.15) is 0 Å². The first kappa shape index (κ1) is 22.8. The number of carbonyl (C=O) groups excluding carboxylic acids is 2. The lowest BCUT2D eigenvalue weighted by Gasteiger charge is -2.13. The van der Waals surface area contributed by atoms with E-state index in [0.29, 0.717) is 12.1 Å². The molecule has 0 aliphatic rings. The van der Waals surface area contributed by atoms with E-state index in [0.717, 1.165) is 23.4 Å². The van der Waals surface area contributed by atoms with E-state index in [1.54, 1.807) is 25.1 Å². The van der Waals surface area contributed by atoms with Gasteiger partial charge in [-0.25, -0.2) is 4.79 Å². The van der Waals surface area contributed by atoms with Crippen LogP contribution in [0.4, 0.5) is 11.4 Å². The van der Waals surface area contributed by atoms with Crippen LogP contribution in [-0.2, 0) is 9.59 Å². The van der Waals surface area contributed by atoms with E-state index in [1.807, 2.05) is 19.1 Å². The maximum absolute atomic E-state index is 12.4. The van der Waals surface area contributed by atoms with Crippen LogP contribution in [0.25, 0.3) is 0 Å². The summed E-state index contributed by atoms with van der Waals surface area (Å²) in [5, 5.41) is 14.4. The monoisotopic (exact) mass is 434 g/mol. The molecule has 0 radical (unpaired) electrons. The fourth-order valence-corrected chi connectivity index (χ4v) is 3.51. The Morgan fingerprint density at radius 1 is 1.07 bits per heavy atom. The van der Waals surface area contributed by atoms with E-state index in [2.05, 4.69) is 10.6 Å². The quantitative estimate of drug-likeness (QED) is 0.466. The number of amides is 2. The van der Waals surface area contributed by atoms with Crippen molar-refractivity contribution < 1.29 is 19.5 Å². The Morgan fingerprint density at radius 3 is 2.34 bits per heavy atom. The largest absolute Gasteiger partial charge is 0.478 e. The summed E-state index contributed by atoms with van der Waals surface area (Å²) in [4.78, 5) is 36.2. The summed E-state index contributed by atoms with van der Waals surface area (Å²) in [6, 6.07) is 11.6. The average Bonchev–Trinajstić information content (AvgIpc) is 2.69. The van der Waals surface area contributed by atoms with Gasteiger partial charge in [0.05, 0.1) is 15.8 Å². The second-order valence-corrected chi connectivity index (χ2v) is 8.25. The van der Waals surface area contributed by atoms with Crippen LogP contribution in [0.1, 0.15) is 43.5 Å². The Labute approximate surface area is 179 Å². The van der Waals surface area contributed by atoms with Crippen molar-refractivity contribution in [1.29, 1.82) is 0 Å². The van der Waals surface area contributed by atoms with Gasteiger partial charge in [0.2, 0.25) is 11.8 Å². The minimum absolute atomic E-state index is 0.0105. The van der Waals surface area contributed by atoms with Crippen LogP contribution in [0.3, 0.4) is 0 Å². The van der Waals surface area contributed by atoms with Gasteiger partial charge in [-0.2, -0.15) is 0 Å². The highest BCUT2D eigenvalue weighted by atomic mass is 35.5. The van der Waals surface area contributed by atoms with Crippen LogP contribution in [0.2, 0.25) is 5.02 Å². The van der Waals surface area contributed by atoms with Crippen LogP contribution in [0, 0.1) is 0 Å². The average molecular weight is 435 g/mol. The van der Waals surface area contributed by atoms with Crippen LogP contribution in [0.15, 0.2) is 47.4 Å². The summed E-state index contributed by atoms with van der Waals surface area (Å²) in [7, 11) is 0. The number of halogens is 1. The lowest BCUT2D eigenvalue weighted by atomic mass is 10.2. The highest BCUT2D eigenvalue weighted by Crippen LogP contribution is 2.26. The zero-order valence-electron chi connectivity index (χ0n) is 16.2. The number of hydrogen-bond donors (Lipinski definition) is 3. The number of unbranched alkanes of at least 4 members (excludes halogenated alkanes) is 1. The molecule has 0 aliphatic heterocycles. The molecule has 0 aromatic heterocycles. The second-order valence-electron chi connectivity index (χ2n) is 6.43. The smallest absolute Gasteiger partial charge is 0.337 e. The summed E-state index contributed by atoms with van der Waals surface area (Å²) in [6.45, 7) is 3.79. The highest BCUT2D eigenvalue weighted by molar-refractivity contribution is 8.00. The van der Waals surface area contributed by atoms with Crippen molar-refractivity contribution in [2.24, 2.45) is 0 Å². The number of nitrogens with one attached hydrogen (secondary N) is 2. The molecule has 0 bridgehead atoms. The molecule has 0 aliphatic carbocycles. The molecule has 2 aromatic rings. The first-order valence-electron chi connectivity index (χ1n) is 9.20. The first-order valence-corrected chi connectivity index (χ1v) is 10.5. The number of rotatable bonds is 9. The third-order valence-corrected chi connectivity index (χ3v) is 5.48. The minimum Gasteiger partial charge on any atom is -0.478 e. The molecule has 29 heavy (non-hydrogen) atoms. The van der Waals surface area contributed by atoms with E-state index in [4.69, 9.17) is 16.7 Å². The molecular formula is C21H23ClN2O4S. The van der Waals surface area contributed by atoms with Gasteiger partial charge >= 0.3 is 5.97 Å². The van der Waals surface area contributed by atoms with Crippen molar-refractivity contribution in [1.82, 2.24) is 0 Å². The fourth-order valence-electron chi connectivity index (χ4n) is 2.45. The van der Waals surface area contributed by atoms with E-state index in [1.165, 1.54) is 23.9 Å². The van der Waals surface area contributed by atoms with Crippen molar-refractivity contribution in [3.63, 3.8) is 0 Å². The van der Waals surface area contributed by atoms with Gasteiger partial charge in [0.15, 0.2) is 0 Å². The van der Waals surface area contributed by atoms with Gasteiger partial charge in [-0.3, -0.25) is 9.59 Å². The number of hydrogen-bond acceptors (Lipinski definition) is 4. The summed E-state index contributed by atoms with van der Waals surface area (Å²) < 4.78 is 0. The number of anilines is 2. The molecule has 2 rings (SSSR count). The molecule has 0 fully saturated rings. The summed E-state index contributed by atoms with van der Waals surface area (Å²) in [5.74, 6) is -1.43. The molecule has 8 heteroatoms. The molecule has 154 valence electrons. The third kappa shape index (κ3) is 7.11. The van der Waals surface area contributed by atoms with Gasteiger partial charge < -0.3 is 15.7 Å². The Kier molecular flexibility index (Phi) is 8.54. The summed E-state index contributed by atoms with van der Waals surface area (Å²) >= 11 is 7.20. The predicted molar refractivity (Wildman–Crippen MR) is 117 cm³/mol. The Morgan fingerprint density at radius 2 is 1.72 bits per heavy atom. The second kappa shape index (κ2) is 10.9. The van der Waals surface area contributed by atoms with Crippen molar-refractivity contribution in [2.75, 3.05) is 10.6 Å². The van der Waals surface area contributed by atoms with Crippen molar-refractivity contribution in [3.05, 3.63) is 53.1 Å². The Hall–Kier alpha value is -2.51. The molecule has 3 N–H and O–H groups in total. The lowest BCUT2D eigenvalue weighted by molar-refractivity contribution is -0.116. The van der Waals surface area contributed by atoms with Gasteiger partial charge in [0.25, 0.3) is 0 Å². The van der Waals surface area contributed by atoms with Crippen molar-refractivity contribution in [2.45, 2.75) is 43.3 Å². The topological polar surface area (TPSA) is 95.5 Å². The molecular weight excluding hydrogens is 412 g/mol. The van der Waals surface area contributed by atoms with E-state index < -0.39 is 11.2 Å². The van der Waals surface area contributed by atoms with Crippen molar-refractivity contribution >= 4 is 52.5 Å². The van der Waals surface area contributed by atoms with E-state index in [-0.39, 0.29) is 22.4 Å². The number of carbonyl (C=O) groups is 3. The molecule has 2 amide bonds. The molecule has 2 aromatic carbocycles. The maximum Gasteiger partial charge on any atom is 0.337 e. The highest BCUT2D eigenvalue weighted by Gasteiger charge is 2.16. The molecule has 0 heterocycles. The summed E-state index contributed by atoms with van der Waals surface area (Å²) in [5.41, 5.74) is 1.02. The Balaban J connectivity index is 1.93. The van der Waals surface area contributed by atoms with Crippen LogP contribution in [-0.4, -0.2) is 28.1 Å². The lowest BCUT2D eigenvalue weighted by Crippen LogP contribution is -2.22. The standard InChI is InChI=1S/C21H23ClN2O4S/c1-3-4-5-19(25)23-14-6-9-16(10-7-14)29-13(2)20(26)24-15-8-11-18(22)17(12-15)21(27)28/h6-13H,3-5H2,1-2H3,(H,23,25)(H,24,26)(H,27,28). The van der Waals surface area contributed by atoms with E-state index >= 15 is 0 Å². The van der Waals surface area contributed by atoms with Crippen LogP contribution < -0.4 is 10.6 Å². The Bertz CT molecular complexity index is 887. The number of thioether (sulfide) groups is 1. The number of aromatic carboxylic acids is 1. The summed E-state index contributed by atoms with van der Waals surface area (Å²) in [6.07, 6.45) is 2.32. The predicted octanol–water partition coefficient (Wildman–Crippen LogP) is 5.29. The van der Waals surface area contributed by atoms with Gasteiger partial charge in [-0.15, -0.1) is 11.8 Å². The molecule has 0 saturated heterocycles. The van der Waals surface area contributed by atoms with Gasteiger partial charge in [-0.1, -0.05) is 24.9 Å². The zero-order valence-corrected chi connectivity index (χ0v) is 17.8. The SMILES string of the molecule is CCCCC(=O)Nc1ccc(SC(C)C(=O)Nc2ccc(Cl)c(C(=O)O)c2)cc1. The van der Waals surface area contributed by atoms with Gasteiger partial charge in [0, 0.05) is 22.7 Å². The number of benzene rings is 2. The zero-order chi connectivity index (χ0) is 21.4. The van der Waals surface area contributed by atoms with Crippen LogP contribution >= 0.6 is 23.4 Å². The third-order valence-electron chi connectivity index (χ3n) is 4.04. The molecule has 1 unspecified atom stereocenters. The van der Waals surface area contributed by atoms with E-state index in [9.17, 15) is 14.4 Å². The number of carboxylic acids is 1. The normalized spacial score (nSPS) is 11.6. The molecule has 6 nitrogen and oxygen atoms in total. The maximum atomic E-state index is 12.4. The molecule has 0 spiro atoms. The van der Waals surface area contributed by atoms with Crippen LogP contribution in [0.5, 0.6) is 0 Å². The molecule has 1 atom stereocenters. The molecule has 0 saturated carbocycles. The van der Waals surface area contributed by atoms with Gasteiger partial charge in [-0.05, 0) is 55.8 Å². The number of carboxylic acid groups (broad SMARTS) is 1. The minimum atomic E-state index is -1.16. The first-order chi connectivity index (χ1) is 13.8.